The number of aromatic amines is 2. The van der Waals surface area contributed by atoms with Gasteiger partial charge in [-0.1, -0.05) is 32.0 Å². The van der Waals surface area contributed by atoms with Crippen molar-refractivity contribution in [1.29, 1.82) is 0 Å². The fraction of sp³-hybridized carbons (Fsp3) is 0.273. The fourth-order valence-corrected chi connectivity index (χ4v) is 1.94. The van der Waals surface area contributed by atoms with Gasteiger partial charge in [-0.25, -0.2) is 14.5 Å². The molecule has 0 aliphatic heterocycles. The minimum atomic E-state index is -0.238. The SMILES string of the molecule is CC(C)c1ccccc1-n1c(=O)[nH][nH]c1=S. The first-order valence-corrected chi connectivity index (χ1v) is 5.51. The maximum absolute atomic E-state index is 11.6. The number of para-hydroxylation sites is 1. The maximum Gasteiger partial charge on any atom is 0.347 e. The summed E-state index contributed by atoms with van der Waals surface area (Å²) in [5.41, 5.74) is 1.70. The van der Waals surface area contributed by atoms with Crippen LogP contribution in [0.15, 0.2) is 29.1 Å². The van der Waals surface area contributed by atoms with Gasteiger partial charge in [-0.2, -0.15) is 0 Å². The average molecular weight is 235 g/mol. The van der Waals surface area contributed by atoms with Crippen molar-refractivity contribution in [1.82, 2.24) is 14.8 Å². The van der Waals surface area contributed by atoms with Gasteiger partial charge in [-0.15, -0.1) is 0 Å². The number of hydrogen-bond donors (Lipinski definition) is 2. The second-order valence-electron chi connectivity index (χ2n) is 3.91. The van der Waals surface area contributed by atoms with Crippen molar-refractivity contribution in [2.24, 2.45) is 0 Å². The fourth-order valence-electron chi connectivity index (χ4n) is 1.71. The van der Waals surface area contributed by atoms with Crippen molar-refractivity contribution in [3.05, 3.63) is 45.1 Å². The van der Waals surface area contributed by atoms with E-state index in [9.17, 15) is 4.79 Å². The third kappa shape index (κ3) is 1.74. The molecule has 1 aromatic heterocycles. The molecule has 84 valence electrons. The molecule has 2 rings (SSSR count). The van der Waals surface area contributed by atoms with E-state index in [1.54, 1.807) is 0 Å². The monoisotopic (exact) mass is 235 g/mol. The van der Waals surface area contributed by atoms with Crippen LogP contribution < -0.4 is 5.69 Å². The number of hydrogen-bond acceptors (Lipinski definition) is 2. The summed E-state index contributed by atoms with van der Waals surface area (Å²) in [6.07, 6.45) is 0. The van der Waals surface area contributed by atoms with Crippen LogP contribution in [0.3, 0.4) is 0 Å². The highest BCUT2D eigenvalue weighted by atomic mass is 32.1. The zero-order valence-corrected chi connectivity index (χ0v) is 9.97. The summed E-state index contributed by atoms with van der Waals surface area (Å²) in [6, 6.07) is 7.77. The van der Waals surface area contributed by atoms with E-state index < -0.39 is 0 Å². The third-order valence-electron chi connectivity index (χ3n) is 2.48. The summed E-state index contributed by atoms with van der Waals surface area (Å²) < 4.78 is 1.86. The van der Waals surface area contributed by atoms with E-state index in [0.717, 1.165) is 11.3 Å². The second-order valence-corrected chi connectivity index (χ2v) is 4.30. The molecular weight excluding hydrogens is 222 g/mol. The number of nitrogens with zero attached hydrogens (tertiary/aromatic N) is 1. The zero-order valence-electron chi connectivity index (χ0n) is 9.15. The summed E-state index contributed by atoms with van der Waals surface area (Å²) in [5.74, 6) is 0.340. The van der Waals surface area contributed by atoms with Crippen LogP contribution in [0.5, 0.6) is 0 Å². The first-order chi connectivity index (χ1) is 7.61. The van der Waals surface area contributed by atoms with Crippen LogP contribution in [0.2, 0.25) is 0 Å². The van der Waals surface area contributed by atoms with Gasteiger partial charge in [0, 0.05) is 0 Å². The number of nitrogens with one attached hydrogen (secondary N) is 2. The van der Waals surface area contributed by atoms with Crippen molar-refractivity contribution >= 4 is 12.2 Å². The number of rotatable bonds is 2. The molecule has 16 heavy (non-hydrogen) atoms. The van der Waals surface area contributed by atoms with E-state index in [2.05, 4.69) is 24.0 Å². The standard InChI is InChI=1S/C11H13N3OS/c1-7(2)8-5-3-4-6-9(8)14-10(15)12-13-11(14)16/h3-7H,1-2H3,(H,12,15)(H,13,16). The van der Waals surface area contributed by atoms with Gasteiger partial charge in [0.1, 0.15) is 0 Å². The Morgan fingerprint density at radius 1 is 1.25 bits per heavy atom. The lowest BCUT2D eigenvalue weighted by Gasteiger charge is -2.11. The molecule has 0 atom stereocenters. The molecule has 1 aromatic carbocycles. The van der Waals surface area contributed by atoms with Gasteiger partial charge < -0.3 is 0 Å². The van der Waals surface area contributed by atoms with Gasteiger partial charge >= 0.3 is 5.69 Å². The smallest absolute Gasteiger partial charge is 0.272 e. The molecular formula is C11H13N3OS. The molecule has 0 spiro atoms. The van der Waals surface area contributed by atoms with Crippen LogP contribution in [0.1, 0.15) is 25.3 Å². The lowest BCUT2D eigenvalue weighted by molar-refractivity contribution is 0.836. The number of aromatic nitrogens is 3. The molecule has 2 N–H and O–H groups in total. The van der Waals surface area contributed by atoms with Crippen molar-refractivity contribution in [3.8, 4) is 5.69 Å². The molecule has 0 amide bonds. The Morgan fingerprint density at radius 3 is 2.50 bits per heavy atom. The normalized spacial score (nSPS) is 10.9. The first kappa shape index (κ1) is 10.9. The lowest BCUT2D eigenvalue weighted by atomic mass is 10.0. The topological polar surface area (TPSA) is 53.6 Å². The predicted octanol–water partition coefficient (Wildman–Crippen LogP) is 2.35. The first-order valence-electron chi connectivity index (χ1n) is 5.10. The molecule has 0 radical (unpaired) electrons. The van der Waals surface area contributed by atoms with Crippen LogP contribution in [-0.4, -0.2) is 14.8 Å². The van der Waals surface area contributed by atoms with Gasteiger partial charge in [-0.05, 0) is 29.8 Å². The zero-order chi connectivity index (χ0) is 11.7. The van der Waals surface area contributed by atoms with Crippen LogP contribution in [0.25, 0.3) is 5.69 Å². The Hall–Kier alpha value is -1.62. The Balaban J connectivity index is 2.74. The van der Waals surface area contributed by atoms with Crippen molar-refractivity contribution < 1.29 is 0 Å². The molecule has 4 nitrogen and oxygen atoms in total. The van der Waals surface area contributed by atoms with Gasteiger partial charge in [0.25, 0.3) is 0 Å². The highest BCUT2D eigenvalue weighted by molar-refractivity contribution is 7.71. The number of H-pyrrole nitrogens is 2. The quantitative estimate of drug-likeness (QED) is 0.785. The molecule has 0 unspecified atom stereocenters. The van der Waals surface area contributed by atoms with Crippen molar-refractivity contribution in [3.63, 3.8) is 0 Å². The molecule has 1 heterocycles. The molecule has 0 bridgehead atoms. The molecule has 0 aliphatic carbocycles. The van der Waals surface area contributed by atoms with Gasteiger partial charge in [0.2, 0.25) is 4.77 Å². The highest BCUT2D eigenvalue weighted by Crippen LogP contribution is 2.21. The van der Waals surface area contributed by atoms with E-state index >= 15 is 0 Å². The summed E-state index contributed by atoms with van der Waals surface area (Å²) >= 11 is 5.08. The molecule has 0 fully saturated rings. The van der Waals surface area contributed by atoms with Crippen LogP contribution >= 0.6 is 12.2 Å². The Kier molecular flexibility index (Phi) is 2.78. The summed E-state index contributed by atoms with van der Waals surface area (Å²) in [7, 11) is 0. The van der Waals surface area contributed by atoms with E-state index in [1.165, 1.54) is 4.57 Å². The molecule has 0 saturated carbocycles. The van der Waals surface area contributed by atoms with Crippen LogP contribution in [0, 0.1) is 4.77 Å². The lowest BCUT2D eigenvalue weighted by Crippen LogP contribution is -2.16. The maximum atomic E-state index is 11.6. The minimum Gasteiger partial charge on any atom is -0.272 e. The van der Waals surface area contributed by atoms with E-state index in [0.29, 0.717) is 10.7 Å². The second kappa shape index (κ2) is 4.09. The Morgan fingerprint density at radius 2 is 1.94 bits per heavy atom. The third-order valence-corrected chi connectivity index (χ3v) is 2.77. The number of benzene rings is 1. The van der Waals surface area contributed by atoms with Crippen molar-refractivity contribution in [2.75, 3.05) is 0 Å². The molecule has 0 aliphatic rings. The van der Waals surface area contributed by atoms with Crippen LogP contribution in [0.4, 0.5) is 0 Å². The largest absolute Gasteiger partial charge is 0.347 e. The summed E-state index contributed by atoms with van der Waals surface area (Å²) in [4.78, 5) is 11.6. The van der Waals surface area contributed by atoms with E-state index in [4.69, 9.17) is 12.2 Å². The Labute approximate surface area is 97.9 Å². The Bertz CT molecular complexity index is 578. The molecule has 2 aromatic rings. The minimum absolute atomic E-state index is 0.238. The summed E-state index contributed by atoms with van der Waals surface area (Å²) in [5, 5.41) is 5.12. The average Bonchev–Trinajstić information content (AvgIpc) is 2.58. The van der Waals surface area contributed by atoms with E-state index in [-0.39, 0.29) is 5.69 Å². The predicted molar refractivity (Wildman–Crippen MR) is 65.7 cm³/mol. The summed E-state index contributed by atoms with van der Waals surface area (Å²) in [6.45, 7) is 4.17. The molecule has 0 saturated heterocycles. The van der Waals surface area contributed by atoms with Gasteiger partial charge in [-0.3, -0.25) is 5.10 Å². The van der Waals surface area contributed by atoms with Gasteiger partial charge in [0.15, 0.2) is 0 Å². The molecule has 5 heteroatoms. The van der Waals surface area contributed by atoms with Crippen molar-refractivity contribution in [2.45, 2.75) is 19.8 Å². The highest BCUT2D eigenvalue weighted by Gasteiger charge is 2.10. The van der Waals surface area contributed by atoms with Crippen LogP contribution in [-0.2, 0) is 0 Å². The van der Waals surface area contributed by atoms with E-state index in [1.807, 2.05) is 24.3 Å². The van der Waals surface area contributed by atoms with Gasteiger partial charge in [0.05, 0.1) is 5.69 Å².